The molecule has 0 saturated heterocycles. The lowest BCUT2D eigenvalue weighted by atomic mass is 9.98. The molecule has 8 aromatic rings. The van der Waals surface area contributed by atoms with E-state index >= 15 is 0 Å². The molecule has 256 valence electrons. The van der Waals surface area contributed by atoms with Crippen molar-refractivity contribution in [2.75, 3.05) is 0 Å². The van der Waals surface area contributed by atoms with Crippen molar-refractivity contribution in [1.82, 2.24) is 9.13 Å². The molecule has 0 fully saturated rings. The second kappa shape index (κ2) is 14.2. The van der Waals surface area contributed by atoms with Gasteiger partial charge in [-0.1, -0.05) is 48.5 Å². The van der Waals surface area contributed by atoms with Gasteiger partial charge in [0, 0.05) is 22.5 Å². The zero-order valence-electron chi connectivity index (χ0n) is 29.4. The normalized spacial score (nSPS) is 10.4. The van der Waals surface area contributed by atoms with Crippen molar-refractivity contribution in [1.29, 1.82) is 31.6 Å². The van der Waals surface area contributed by atoms with Gasteiger partial charge < -0.3 is 9.13 Å². The van der Waals surface area contributed by atoms with Crippen molar-refractivity contribution in [3.8, 4) is 92.6 Å². The molecule has 0 atom stereocenters. The predicted molar refractivity (Wildman–Crippen MR) is 213 cm³/mol. The summed E-state index contributed by atoms with van der Waals surface area (Å²) in [6, 6.07) is 57.6. The molecule has 2 aromatic heterocycles. The lowest BCUT2D eigenvalue weighted by molar-refractivity contribution is 1.13. The van der Waals surface area contributed by atoms with Gasteiger partial charge in [-0.05, 0) is 119 Å². The fourth-order valence-corrected chi connectivity index (χ4v) is 7.15. The van der Waals surface area contributed by atoms with Crippen LogP contribution < -0.4 is 0 Å². The van der Waals surface area contributed by atoms with Crippen LogP contribution in [0.5, 0.6) is 0 Å². The number of aromatic nitrogens is 2. The summed E-state index contributed by atoms with van der Waals surface area (Å²) in [6.45, 7) is 0. The highest BCUT2D eigenvalue weighted by Gasteiger charge is 2.32. The minimum absolute atomic E-state index is 0.491. The highest BCUT2D eigenvalue weighted by molar-refractivity contribution is 6.15. The number of fused-ring (bicyclic) bond motifs is 1. The first kappa shape index (κ1) is 34.2. The van der Waals surface area contributed by atoms with E-state index in [4.69, 9.17) is 0 Å². The van der Waals surface area contributed by atoms with E-state index in [1.54, 1.807) is 72.8 Å². The Labute approximate surface area is 322 Å². The molecule has 0 aliphatic heterocycles. The monoisotopic (exact) mass is 712 g/mol. The van der Waals surface area contributed by atoms with Crippen molar-refractivity contribution >= 4 is 11.0 Å². The lowest BCUT2D eigenvalue weighted by Crippen LogP contribution is -2.01. The van der Waals surface area contributed by atoms with Gasteiger partial charge in [0.1, 0.15) is 0 Å². The Balaban J connectivity index is 1.68. The van der Waals surface area contributed by atoms with E-state index in [0.29, 0.717) is 33.4 Å². The highest BCUT2D eigenvalue weighted by Crippen LogP contribution is 2.52. The molecule has 0 radical (unpaired) electrons. The van der Waals surface area contributed by atoms with Crippen LogP contribution in [0.1, 0.15) is 33.4 Å². The first-order chi connectivity index (χ1) is 27.5. The number of hydrogen-bond donors (Lipinski definition) is 0. The van der Waals surface area contributed by atoms with Crippen molar-refractivity contribution in [2.45, 2.75) is 0 Å². The summed E-state index contributed by atoms with van der Waals surface area (Å²) >= 11 is 0. The maximum Gasteiger partial charge on any atom is 0.0991 e. The van der Waals surface area contributed by atoms with Gasteiger partial charge in [0.25, 0.3) is 0 Å². The molecule has 8 heteroatoms. The van der Waals surface area contributed by atoms with Crippen molar-refractivity contribution in [3.63, 3.8) is 0 Å². The SMILES string of the molecule is N#Cc1ccc(-c2c(-c3ccc(C#N)cc3)n(-c3ccc(C#N)cc3)c3c(-c4ccc(C#N)cc4)c(-c4ccc(C#N)cc4)n(-c4ccc(C#N)cc4)c23)cc1. The van der Waals surface area contributed by atoms with E-state index in [-0.39, 0.29) is 0 Å². The number of rotatable bonds is 6. The first-order valence-electron chi connectivity index (χ1n) is 17.4. The van der Waals surface area contributed by atoms with Crippen LogP contribution in [0.15, 0.2) is 146 Å². The molecule has 8 rings (SSSR count). The summed E-state index contributed by atoms with van der Waals surface area (Å²) in [5.74, 6) is 0. The number of nitriles is 6. The summed E-state index contributed by atoms with van der Waals surface area (Å²) in [5.41, 5.74) is 12.5. The van der Waals surface area contributed by atoms with E-state index in [0.717, 1.165) is 67.2 Å². The molecule has 0 amide bonds. The van der Waals surface area contributed by atoms with Crippen LogP contribution in [-0.2, 0) is 0 Å². The Morgan fingerprint density at radius 1 is 0.268 bits per heavy atom. The average molecular weight is 713 g/mol. The predicted octanol–water partition coefficient (Wildman–Crippen LogP) is 10.3. The van der Waals surface area contributed by atoms with Crippen LogP contribution in [-0.4, -0.2) is 9.13 Å². The van der Waals surface area contributed by atoms with E-state index in [1.165, 1.54) is 0 Å². The summed E-state index contributed by atoms with van der Waals surface area (Å²) in [4.78, 5) is 0. The fourth-order valence-electron chi connectivity index (χ4n) is 7.15. The number of hydrogen-bond acceptors (Lipinski definition) is 6. The molecule has 0 aliphatic rings. The standard InChI is InChI=1S/C48H24N8/c49-25-31-1-13-37(14-2-31)43-45(39-17-5-33(27-51)6-18-39)55(41-21-9-35(29-53)10-22-41)48-44(38-15-3-32(26-50)4-16-38)46(40-19-7-34(28-52)8-20-40)56(47(43)48)42-23-11-36(30-54)12-24-42/h1-24H. The summed E-state index contributed by atoms with van der Waals surface area (Å²) < 4.78 is 4.32. The molecule has 56 heavy (non-hydrogen) atoms. The minimum atomic E-state index is 0.491. The molecule has 8 nitrogen and oxygen atoms in total. The molecular formula is C48H24N8. The molecule has 0 saturated carbocycles. The molecule has 0 spiro atoms. The van der Waals surface area contributed by atoms with Crippen molar-refractivity contribution in [3.05, 3.63) is 179 Å². The second-order valence-corrected chi connectivity index (χ2v) is 12.9. The smallest absolute Gasteiger partial charge is 0.0991 e. The third-order valence-electron chi connectivity index (χ3n) is 9.76. The van der Waals surface area contributed by atoms with Crippen molar-refractivity contribution in [2.24, 2.45) is 0 Å². The molecular weight excluding hydrogens is 689 g/mol. The molecule has 2 heterocycles. The van der Waals surface area contributed by atoms with Gasteiger partial charge in [-0.2, -0.15) is 31.6 Å². The highest BCUT2D eigenvalue weighted by atomic mass is 15.1. The van der Waals surface area contributed by atoms with Crippen LogP contribution in [0, 0.1) is 68.0 Å². The Bertz CT molecular complexity index is 2700. The van der Waals surface area contributed by atoms with Crippen LogP contribution in [0.2, 0.25) is 0 Å². The summed E-state index contributed by atoms with van der Waals surface area (Å²) in [5, 5.41) is 58.6. The second-order valence-electron chi connectivity index (χ2n) is 12.9. The zero-order chi connectivity index (χ0) is 38.8. The topological polar surface area (TPSA) is 153 Å². The van der Waals surface area contributed by atoms with Crippen molar-refractivity contribution < 1.29 is 0 Å². The molecule has 0 unspecified atom stereocenters. The van der Waals surface area contributed by atoms with Gasteiger partial charge in [0.2, 0.25) is 0 Å². The quantitative estimate of drug-likeness (QED) is 0.167. The van der Waals surface area contributed by atoms with Gasteiger partial charge in [-0.15, -0.1) is 0 Å². The van der Waals surface area contributed by atoms with E-state index in [1.807, 2.05) is 72.8 Å². The first-order valence-corrected chi connectivity index (χ1v) is 17.4. The molecule has 0 bridgehead atoms. The molecule has 6 aromatic carbocycles. The third kappa shape index (κ3) is 5.78. The molecule has 0 N–H and O–H groups in total. The van der Waals surface area contributed by atoms with Crippen LogP contribution in [0.3, 0.4) is 0 Å². The fraction of sp³-hybridized carbons (Fsp3) is 0. The van der Waals surface area contributed by atoms with Crippen LogP contribution in [0.25, 0.3) is 67.2 Å². The Morgan fingerprint density at radius 2 is 0.482 bits per heavy atom. The van der Waals surface area contributed by atoms with Crippen LogP contribution >= 0.6 is 0 Å². The van der Waals surface area contributed by atoms with Gasteiger partial charge in [0.15, 0.2) is 0 Å². The van der Waals surface area contributed by atoms with E-state index < -0.39 is 0 Å². The maximum atomic E-state index is 9.78. The van der Waals surface area contributed by atoms with Gasteiger partial charge in [-0.3, -0.25) is 0 Å². The van der Waals surface area contributed by atoms with Gasteiger partial charge in [-0.25, -0.2) is 0 Å². The summed E-state index contributed by atoms with van der Waals surface area (Å²) in [6.07, 6.45) is 0. The lowest BCUT2D eigenvalue weighted by Gasteiger charge is -2.18. The van der Waals surface area contributed by atoms with E-state index in [9.17, 15) is 31.6 Å². The minimum Gasteiger partial charge on any atom is -0.306 e. The number of benzene rings is 6. The Morgan fingerprint density at radius 3 is 0.714 bits per heavy atom. The average Bonchev–Trinajstić information content (AvgIpc) is 3.79. The third-order valence-corrected chi connectivity index (χ3v) is 9.76. The van der Waals surface area contributed by atoms with Gasteiger partial charge >= 0.3 is 0 Å². The zero-order valence-corrected chi connectivity index (χ0v) is 29.4. The molecule has 0 aliphatic carbocycles. The van der Waals surface area contributed by atoms with E-state index in [2.05, 4.69) is 45.5 Å². The Kier molecular flexibility index (Phi) is 8.69. The van der Waals surface area contributed by atoms with Gasteiger partial charge in [0.05, 0.1) is 92.2 Å². The van der Waals surface area contributed by atoms with Crippen LogP contribution in [0.4, 0.5) is 0 Å². The maximum absolute atomic E-state index is 9.78. The Hall–Kier alpha value is -8.92. The summed E-state index contributed by atoms with van der Waals surface area (Å²) in [7, 11) is 0. The largest absolute Gasteiger partial charge is 0.306 e. The number of nitrogens with zero attached hydrogens (tertiary/aromatic N) is 8.